The van der Waals surface area contributed by atoms with E-state index in [1.807, 2.05) is 0 Å². The maximum atomic E-state index is 12.3. The lowest BCUT2D eigenvalue weighted by atomic mass is 10.1. The number of hydrazine groups is 1. The van der Waals surface area contributed by atoms with E-state index in [0.717, 1.165) is 5.01 Å². The van der Waals surface area contributed by atoms with Crippen molar-refractivity contribution in [3.8, 4) is 5.75 Å². The van der Waals surface area contributed by atoms with Gasteiger partial charge >= 0.3 is 0 Å². The smallest absolute Gasteiger partial charge is 0.287 e. The van der Waals surface area contributed by atoms with Gasteiger partial charge in [0, 0.05) is 12.6 Å². The normalized spacial score (nSPS) is 11.0. The van der Waals surface area contributed by atoms with E-state index in [-0.39, 0.29) is 35.1 Å². The number of amides is 1. The van der Waals surface area contributed by atoms with Crippen LogP contribution in [0.5, 0.6) is 5.75 Å². The summed E-state index contributed by atoms with van der Waals surface area (Å²) in [5.41, 5.74) is 19.1. The number of nitro groups is 1. The summed E-state index contributed by atoms with van der Waals surface area (Å²) >= 11 is 5.88. The standard InChI is InChI=1S/C11H16ClN7O4/c1-23-9-5-8(14)7(12)4-6(9)10(20)16-18(3-2-13)11(15)17-19(21)22/h4-5H,2-3,13-14H2,1H3,(H2,15,17)(H,16,20). The molecule has 0 aliphatic heterocycles. The largest absolute Gasteiger partial charge is 0.496 e. The molecule has 0 radical (unpaired) electrons. The van der Waals surface area contributed by atoms with Gasteiger partial charge in [0.15, 0.2) is 5.03 Å². The molecule has 0 aromatic heterocycles. The van der Waals surface area contributed by atoms with Gasteiger partial charge in [-0.05, 0) is 6.07 Å². The highest BCUT2D eigenvalue weighted by molar-refractivity contribution is 6.33. The van der Waals surface area contributed by atoms with Gasteiger partial charge in [0.1, 0.15) is 10.9 Å². The molecule has 23 heavy (non-hydrogen) atoms. The van der Waals surface area contributed by atoms with E-state index in [4.69, 9.17) is 33.5 Å². The summed E-state index contributed by atoms with van der Waals surface area (Å²) in [4.78, 5) is 22.7. The predicted octanol–water partition coefficient (Wildman–Crippen LogP) is -0.657. The first-order valence-electron chi connectivity index (χ1n) is 6.20. The number of hydrogen-bond acceptors (Lipinski definition) is 6. The van der Waals surface area contributed by atoms with Gasteiger partial charge in [-0.25, -0.2) is 15.1 Å². The number of benzene rings is 1. The van der Waals surface area contributed by atoms with Crippen LogP contribution >= 0.6 is 11.6 Å². The number of hydrazone groups is 1. The number of nitrogen functional groups attached to an aromatic ring is 1. The van der Waals surface area contributed by atoms with Crippen molar-refractivity contribution in [1.29, 1.82) is 0 Å². The fourth-order valence-corrected chi connectivity index (χ4v) is 1.76. The Bertz CT molecular complexity index is 637. The molecule has 0 heterocycles. The Morgan fingerprint density at radius 1 is 1.57 bits per heavy atom. The molecule has 0 saturated carbocycles. The summed E-state index contributed by atoms with van der Waals surface area (Å²) in [5.74, 6) is -1.05. The third-order valence-electron chi connectivity index (χ3n) is 2.61. The Kier molecular flexibility index (Phi) is 6.35. The number of halogens is 1. The van der Waals surface area contributed by atoms with E-state index < -0.39 is 16.9 Å². The predicted molar refractivity (Wildman–Crippen MR) is 84.3 cm³/mol. The topological polar surface area (TPSA) is 175 Å². The van der Waals surface area contributed by atoms with Gasteiger partial charge in [-0.2, -0.15) is 0 Å². The van der Waals surface area contributed by atoms with E-state index in [1.54, 1.807) is 0 Å². The number of ether oxygens (including phenoxy) is 1. The molecule has 7 N–H and O–H groups in total. The number of methoxy groups -OCH3 is 1. The number of carbonyl (C=O) groups is 1. The number of guanidine groups is 1. The van der Waals surface area contributed by atoms with Gasteiger partial charge in [0.05, 0.1) is 29.9 Å². The molecular weight excluding hydrogens is 330 g/mol. The van der Waals surface area contributed by atoms with Crippen LogP contribution in [-0.2, 0) is 0 Å². The van der Waals surface area contributed by atoms with E-state index >= 15 is 0 Å². The number of nitrogens with two attached hydrogens (primary N) is 3. The highest BCUT2D eigenvalue weighted by Crippen LogP contribution is 2.28. The minimum absolute atomic E-state index is 0.0000661. The van der Waals surface area contributed by atoms with Gasteiger partial charge in [-0.3, -0.25) is 10.2 Å². The summed E-state index contributed by atoms with van der Waals surface area (Å²) in [7, 11) is 1.35. The molecule has 11 nitrogen and oxygen atoms in total. The highest BCUT2D eigenvalue weighted by atomic mass is 35.5. The molecule has 0 bridgehead atoms. The molecule has 0 fully saturated rings. The fourth-order valence-electron chi connectivity index (χ4n) is 1.59. The van der Waals surface area contributed by atoms with Gasteiger partial charge in [0.2, 0.25) is 0 Å². The van der Waals surface area contributed by atoms with Crippen molar-refractivity contribution in [2.45, 2.75) is 0 Å². The lowest BCUT2D eigenvalue weighted by Gasteiger charge is -2.22. The maximum Gasteiger partial charge on any atom is 0.287 e. The Hall–Kier alpha value is -2.79. The molecular formula is C11H16ClN7O4. The number of carbonyl (C=O) groups excluding carboxylic acids is 1. The molecule has 0 spiro atoms. The first-order chi connectivity index (χ1) is 10.8. The van der Waals surface area contributed by atoms with Crippen molar-refractivity contribution >= 4 is 29.2 Å². The van der Waals surface area contributed by atoms with E-state index in [0.29, 0.717) is 0 Å². The third kappa shape index (κ3) is 4.86. The molecule has 12 heteroatoms. The first kappa shape index (κ1) is 18.3. The van der Waals surface area contributed by atoms with E-state index in [9.17, 15) is 14.9 Å². The minimum atomic E-state index is -0.994. The van der Waals surface area contributed by atoms with Gasteiger partial charge in [-0.15, -0.1) is 0 Å². The number of hydrogen-bond donors (Lipinski definition) is 4. The second-order valence-corrected chi connectivity index (χ2v) is 4.56. The zero-order chi connectivity index (χ0) is 17.6. The average molecular weight is 346 g/mol. The maximum absolute atomic E-state index is 12.3. The molecule has 1 rings (SSSR count). The second-order valence-electron chi connectivity index (χ2n) is 4.15. The summed E-state index contributed by atoms with van der Waals surface area (Å²) in [6.45, 7) is 0.0633. The molecule has 126 valence electrons. The average Bonchev–Trinajstić information content (AvgIpc) is 2.48. The van der Waals surface area contributed by atoms with Gasteiger partial charge in [0.25, 0.3) is 11.9 Å². The van der Waals surface area contributed by atoms with Crippen LogP contribution in [-0.4, -0.2) is 42.1 Å². The lowest BCUT2D eigenvalue weighted by Crippen LogP contribution is -2.51. The Morgan fingerprint density at radius 2 is 2.22 bits per heavy atom. The first-order valence-corrected chi connectivity index (χ1v) is 6.58. The molecule has 0 saturated heterocycles. The van der Waals surface area contributed by atoms with Crippen LogP contribution in [0.3, 0.4) is 0 Å². The molecule has 0 atom stereocenters. The van der Waals surface area contributed by atoms with Crippen LogP contribution in [0.15, 0.2) is 17.2 Å². The van der Waals surface area contributed by atoms with Crippen molar-refractivity contribution < 1.29 is 14.6 Å². The fraction of sp³-hybridized carbons (Fsp3) is 0.273. The van der Waals surface area contributed by atoms with Crippen molar-refractivity contribution in [2.24, 2.45) is 16.6 Å². The van der Waals surface area contributed by atoms with E-state index in [1.165, 1.54) is 19.2 Å². The van der Waals surface area contributed by atoms with Crippen molar-refractivity contribution in [1.82, 2.24) is 10.4 Å². The molecule has 0 aliphatic rings. The summed E-state index contributed by atoms with van der Waals surface area (Å²) in [5, 5.41) is 13.4. The minimum Gasteiger partial charge on any atom is -0.496 e. The Morgan fingerprint density at radius 3 is 2.74 bits per heavy atom. The monoisotopic (exact) mass is 345 g/mol. The Labute approximate surface area is 136 Å². The molecule has 1 aromatic rings. The summed E-state index contributed by atoms with van der Waals surface area (Å²) < 4.78 is 5.06. The van der Waals surface area contributed by atoms with Crippen molar-refractivity contribution in [3.05, 3.63) is 32.8 Å². The zero-order valence-electron chi connectivity index (χ0n) is 12.2. The Balaban J connectivity index is 3.08. The SMILES string of the molecule is COc1cc(N)c(Cl)cc1C(=O)NN(CCN)C(N)=N[N+](=O)[O-]. The van der Waals surface area contributed by atoms with Gasteiger partial charge in [-0.1, -0.05) is 11.6 Å². The number of anilines is 1. The van der Waals surface area contributed by atoms with E-state index in [2.05, 4.69) is 10.5 Å². The van der Waals surface area contributed by atoms with Crippen LogP contribution in [0.1, 0.15) is 10.4 Å². The molecule has 1 amide bonds. The van der Waals surface area contributed by atoms with Crippen LogP contribution in [0.4, 0.5) is 5.69 Å². The molecule has 0 unspecified atom stereocenters. The van der Waals surface area contributed by atoms with Crippen molar-refractivity contribution in [2.75, 3.05) is 25.9 Å². The summed E-state index contributed by atoms with van der Waals surface area (Å²) in [6.07, 6.45) is 0. The number of rotatable bonds is 5. The molecule has 1 aromatic carbocycles. The van der Waals surface area contributed by atoms with Crippen LogP contribution in [0, 0.1) is 10.1 Å². The second kappa shape index (κ2) is 8.00. The third-order valence-corrected chi connectivity index (χ3v) is 2.94. The molecule has 0 aliphatic carbocycles. The van der Waals surface area contributed by atoms with Crippen LogP contribution < -0.4 is 27.4 Å². The van der Waals surface area contributed by atoms with Crippen molar-refractivity contribution in [3.63, 3.8) is 0 Å². The number of nitrogens with zero attached hydrogens (tertiary/aromatic N) is 3. The highest BCUT2D eigenvalue weighted by Gasteiger charge is 2.19. The van der Waals surface area contributed by atoms with Gasteiger partial charge < -0.3 is 21.9 Å². The summed E-state index contributed by atoms with van der Waals surface area (Å²) in [6, 6.07) is 2.67. The van der Waals surface area contributed by atoms with Crippen LogP contribution in [0.2, 0.25) is 5.02 Å². The quantitative estimate of drug-likeness (QED) is 0.179. The number of nitrogens with one attached hydrogen (secondary N) is 1. The lowest BCUT2D eigenvalue weighted by molar-refractivity contribution is -0.485. The van der Waals surface area contributed by atoms with Crippen LogP contribution in [0.25, 0.3) is 0 Å². The zero-order valence-corrected chi connectivity index (χ0v) is 12.9.